The van der Waals surface area contributed by atoms with Crippen molar-refractivity contribution in [1.82, 2.24) is 4.90 Å². The number of nitriles is 1. The highest BCUT2D eigenvalue weighted by atomic mass is 35.5. The molecule has 1 saturated heterocycles. The molecule has 0 aromatic heterocycles. The van der Waals surface area contributed by atoms with E-state index >= 15 is 0 Å². The number of fused-ring (bicyclic) bond motifs is 1. The zero-order valence-electron chi connectivity index (χ0n) is 10.7. The van der Waals surface area contributed by atoms with Crippen molar-refractivity contribution in [2.24, 2.45) is 5.41 Å². The molecule has 1 aliphatic carbocycles. The van der Waals surface area contributed by atoms with Crippen molar-refractivity contribution in [2.45, 2.75) is 26.3 Å². The Morgan fingerprint density at radius 2 is 2.11 bits per heavy atom. The molecular formula is C14H15ClN2O. The minimum Gasteiger partial charge on any atom is -0.332 e. The first-order chi connectivity index (χ1) is 8.31. The molecule has 0 saturated carbocycles. The van der Waals surface area contributed by atoms with Gasteiger partial charge in [0, 0.05) is 17.1 Å². The van der Waals surface area contributed by atoms with Crippen LogP contribution in [-0.4, -0.2) is 22.9 Å². The lowest BCUT2D eigenvalue weighted by Crippen LogP contribution is -2.44. The molecule has 2 aliphatic rings. The second kappa shape index (κ2) is 4.00. The van der Waals surface area contributed by atoms with Crippen molar-refractivity contribution < 1.29 is 4.79 Å². The molecule has 0 spiro atoms. The molecule has 4 heteroatoms. The predicted molar refractivity (Wildman–Crippen MR) is 70.7 cm³/mol. The van der Waals surface area contributed by atoms with E-state index in [4.69, 9.17) is 11.6 Å². The summed E-state index contributed by atoms with van der Waals surface area (Å²) in [4.78, 5) is 14.3. The Morgan fingerprint density at radius 1 is 1.44 bits per heavy atom. The minimum absolute atomic E-state index is 0.167. The average Bonchev–Trinajstić information content (AvgIpc) is 2.46. The van der Waals surface area contributed by atoms with Gasteiger partial charge in [0.1, 0.15) is 0 Å². The van der Waals surface area contributed by atoms with Crippen LogP contribution in [0.15, 0.2) is 34.9 Å². The molecule has 1 amide bonds. The van der Waals surface area contributed by atoms with Crippen LogP contribution >= 0.6 is 11.6 Å². The third-order valence-electron chi connectivity index (χ3n) is 3.34. The molecule has 18 heavy (non-hydrogen) atoms. The third kappa shape index (κ3) is 1.77. The van der Waals surface area contributed by atoms with Gasteiger partial charge < -0.3 is 4.90 Å². The van der Waals surface area contributed by atoms with E-state index in [1.54, 1.807) is 29.2 Å². The van der Waals surface area contributed by atoms with E-state index in [9.17, 15) is 10.1 Å². The van der Waals surface area contributed by atoms with Crippen molar-refractivity contribution in [2.75, 3.05) is 6.54 Å². The van der Waals surface area contributed by atoms with Gasteiger partial charge in [-0.1, -0.05) is 17.7 Å². The molecule has 1 aliphatic heterocycles. The summed E-state index contributed by atoms with van der Waals surface area (Å²) in [5.74, 6) is -0.167. The van der Waals surface area contributed by atoms with Crippen molar-refractivity contribution in [3.63, 3.8) is 0 Å². The fraction of sp³-hybridized carbons (Fsp3) is 0.429. The minimum atomic E-state index is -1.18. The quantitative estimate of drug-likeness (QED) is 0.674. The summed E-state index contributed by atoms with van der Waals surface area (Å²) >= 11 is 5.92. The third-order valence-corrected chi connectivity index (χ3v) is 3.59. The van der Waals surface area contributed by atoms with Gasteiger partial charge in [-0.25, -0.2) is 0 Å². The van der Waals surface area contributed by atoms with Gasteiger partial charge in [0.25, 0.3) is 5.91 Å². The highest BCUT2D eigenvalue weighted by Gasteiger charge is 2.52. The molecule has 0 bridgehead atoms. The van der Waals surface area contributed by atoms with Gasteiger partial charge >= 0.3 is 0 Å². The fourth-order valence-corrected chi connectivity index (χ4v) is 2.34. The summed E-state index contributed by atoms with van der Waals surface area (Å²) in [6.45, 7) is 6.37. The molecular weight excluding hydrogens is 248 g/mol. The highest BCUT2D eigenvalue weighted by Crippen LogP contribution is 2.42. The molecule has 0 aromatic rings. The zero-order valence-corrected chi connectivity index (χ0v) is 11.5. The van der Waals surface area contributed by atoms with Crippen LogP contribution < -0.4 is 0 Å². The molecule has 0 aromatic carbocycles. The van der Waals surface area contributed by atoms with Crippen LogP contribution in [0.4, 0.5) is 0 Å². The van der Waals surface area contributed by atoms with E-state index < -0.39 is 5.41 Å². The molecule has 0 N–H and O–H groups in total. The van der Waals surface area contributed by atoms with Crippen LogP contribution in [0.1, 0.15) is 20.8 Å². The van der Waals surface area contributed by atoms with Crippen LogP contribution in [0.3, 0.4) is 0 Å². The second-order valence-corrected chi connectivity index (χ2v) is 6.00. The largest absolute Gasteiger partial charge is 0.332 e. The van der Waals surface area contributed by atoms with Gasteiger partial charge in [-0.3, -0.25) is 4.79 Å². The Balaban J connectivity index is 2.55. The van der Waals surface area contributed by atoms with Crippen LogP contribution in [0.2, 0.25) is 0 Å². The average molecular weight is 263 g/mol. The number of carbonyl (C=O) groups is 1. The molecule has 0 radical (unpaired) electrons. The van der Waals surface area contributed by atoms with Gasteiger partial charge in [-0.05, 0) is 44.6 Å². The van der Waals surface area contributed by atoms with Crippen LogP contribution in [-0.2, 0) is 4.79 Å². The van der Waals surface area contributed by atoms with E-state index in [0.717, 1.165) is 5.57 Å². The summed E-state index contributed by atoms with van der Waals surface area (Å²) in [6, 6.07) is 2.15. The van der Waals surface area contributed by atoms with Gasteiger partial charge in [0.2, 0.25) is 0 Å². The molecule has 1 fully saturated rings. The van der Waals surface area contributed by atoms with Crippen molar-refractivity contribution in [1.29, 1.82) is 5.26 Å². The van der Waals surface area contributed by atoms with E-state index in [-0.39, 0.29) is 11.4 Å². The summed E-state index contributed by atoms with van der Waals surface area (Å²) in [6.07, 6.45) is 6.75. The number of likely N-dealkylation sites (tertiary alicyclic amines) is 1. The zero-order chi connectivity index (χ0) is 13.6. The molecule has 1 heterocycles. The Morgan fingerprint density at radius 3 is 2.67 bits per heavy atom. The van der Waals surface area contributed by atoms with Crippen molar-refractivity contribution >= 4 is 17.5 Å². The number of rotatable bonds is 0. The number of halogens is 1. The monoisotopic (exact) mass is 262 g/mol. The van der Waals surface area contributed by atoms with E-state index in [0.29, 0.717) is 11.6 Å². The Labute approximate surface area is 112 Å². The number of carbonyl (C=O) groups excluding carboxylic acids is 1. The van der Waals surface area contributed by atoms with Crippen LogP contribution in [0.5, 0.6) is 0 Å². The SMILES string of the molecule is CC(C)(C)N1CC2=CC=C(Cl)C=CC2(C#N)C1=O. The number of hydrogen-bond acceptors (Lipinski definition) is 2. The smallest absolute Gasteiger partial charge is 0.252 e. The number of allylic oxidation sites excluding steroid dienone is 4. The molecule has 1 atom stereocenters. The lowest BCUT2D eigenvalue weighted by Gasteiger charge is -2.32. The van der Waals surface area contributed by atoms with Gasteiger partial charge in [0.05, 0.1) is 6.07 Å². The maximum absolute atomic E-state index is 12.5. The summed E-state index contributed by atoms with van der Waals surface area (Å²) in [5.41, 5.74) is -0.688. The summed E-state index contributed by atoms with van der Waals surface area (Å²) in [7, 11) is 0. The van der Waals surface area contributed by atoms with Crippen LogP contribution in [0.25, 0.3) is 0 Å². The Kier molecular flexibility index (Phi) is 2.87. The predicted octanol–water partition coefficient (Wildman–Crippen LogP) is 2.76. The Hall–Kier alpha value is -1.53. The fourth-order valence-electron chi connectivity index (χ4n) is 2.22. The van der Waals surface area contributed by atoms with E-state index in [1.807, 2.05) is 20.8 Å². The first kappa shape index (κ1) is 12.9. The van der Waals surface area contributed by atoms with Crippen LogP contribution in [0, 0.1) is 16.7 Å². The lowest BCUT2D eigenvalue weighted by atomic mass is 9.83. The lowest BCUT2D eigenvalue weighted by molar-refractivity contribution is -0.135. The van der Waals surface area contributed by atoms with Crippen molar-refractivity contribution in [3.8, 4) is 6.07 Å². The maximum Gasteiger partial charge on any atom is 0.252 e. The van der Waals surface area contributed by atoms with Gasteiger partial charge in [-0.15, -0.1) is 0 Å². The van der Waals surface area contributed by atoms with E-state index in [1.165, 1.54) is 0 Å². The summed E-state index contributed by atoms with van der Waals surface area (Å²) < 4.78 is 0. The van der Waals surface area contributed by atoms with Gasteiger partial charge in [0.15, 0.2) is 5.41 Å². The molecule has 2 rings (SSSR count). The molecule has 3 nitrogen and oxygen atoms in total. The van der Waals surface area contributed by atoms with Gasteiger partial charge in [-0.2, -0.15) is 5.26 Å². The Bertz CT molecular complexity index is 531. The number of hydrogen-bond donors (Lipinski definition) is 0. The van der Waals surface area contributed by atoms with Crippen molar-refractivity contribution in [3.05, 3.63) is 34.9 Å². The number of nitrogens with zero attached hydrogens (tertiary/aromatic N) is 2. The second-order valence-electron chi connectivity index (χ2n) is 5.56. The first-order valence-electron chi connectivity index (χ1n) is 5.81. The maximum atomic E-state index is 12.5. The standard InChI is InChI=1S/C14H15ClN2O/c1-13(2,3)17-8-10-4-5-11(15)6-7-14(10,9-16)12(17)18/h4-7H,8H2,1-3H3. The summed E-state index contributed by atoms with van der Waals surface area (Å²) in [5, 5.41) is 9.99. The first-order valence-corrected chi connectivity index (χ1v) is 6.18. The highest BCUT2D eigenvalue weighted by molar-refractivity contribution is 6.31. The number of amides is 1. The normalized spacial score (nSPS) is 27.3. The molecule has 94 valence electrons. The topological polar surface area (TPSA) is 44.1 Å². The van der Waals surface area contributed by atoms with E-state index in [2.05, 4.69) is 6.07 Å². The molecule has 1 unspecified atom stereocenters.